The summed E-state index contributed by atoms with van der Waals surface area (Å²) in [5, 5.41) is 6.17. The molecule has 1 saturated carbocycles. The molecule has 2 unspecified atom stereocenters. The second-order valence-electron chi connectivity index (χ2n) is 11.8. The van der Waals surface area contributed by atoms with Crippen molar-refractivity contribution in [1.29, 1.82) is 0 Å². The smallest absolute Gasteiger partial charge is 0.408 e. The van der Waals surface area contributed by atoms with Crippen LogP contribution in [0.25, 0.3) is 0 Å². The number of benzene rings is 3. The number of hydrogen-bond acceptors (Lipinski definition) is 4. The first-order chi connectivity index (χ1) is 20.5. The molecule has 3 amide bonds. The Bertz CT molecular complexity index is 1490. The molecule has 224 valence electrons. The van der Waals surface area contributed by atoms with Crippen LogP contribution in [-0.4, -0.2) is 40.5 Å². The van der Waals surface area contributed by atoms with Crippen LogP contribution >= 0.6 is 11.6 Å². The first kappa shape index (κ1) is 31.7. The summed E-state index contributed by atoms with van der Waals surface area (Å²) in [6.45, 7) is 7.13. The van der Waals surface area contributed by atoms with E-state index in [2.05, 4.69) is 16.6 Å². The molecule has 0 radical (unpaired) electrons. The Labute approximate surface area is 259 Å². The summed E-state index contributed by atoms with van der Waals surface area (Å²) in [7, 11) is 0. The number of nitrogens with one attached hydrogen (secondary N) is 2. The number of carbonyl (C=O) groups excluding carboxylic acids is 3. The van der Waals surface area contributed by atoms with E-state index in [1.54, 1.807) is 62.1 Å². The normalized spacial score (nSPS) is 14.4. The molecule has 0 saturated heterocycles. The number of carbonyl (C=O) groups is 3. The van der Waals surface area contributed by atoms with Crippen molar-refractivity contribution >= 4 is 35.2 Å². The number of rotatable bonds is 9. The van der Waals surface area contributed by atoms with Crippen molar-refractivity contribution < 1.29 is 19.1 Å². The number of terminal acetylenes is 1. The van der Waals surface area contributed by atoms with Gasteiger partial charge in [-0.25, -0.2) is 4.79 Å². The van der Waals surface area contributed by atoms with Crippen molar-refractivity contribution in [3.63, 3.8) is 0 Å². The van der Waals surface area contributed by atoms with Crippen LogP contribution in [0.3, 0.4) is 0 Å². The predicted octanol–water partition coefficient (Wildman–Crippen LogP) is 6.83. The third-order valence-electron chi connectivity index (χ3n) is 7.40. The number of amides is 3. The highest BCUT2D eigenvalue weighted by atomic mass is 35.5. The van der Waals surface area contributed by atoms with E-state index >= 15 is 0 Å². The van der Waals surface area contributed by atoms with E-state index in [1.807, 2.05) is 43.3 Å². The van der Waals surface area contributed by atoms with Gasteiger partial charge >= 0.3 is 6.09 Å². The summed E-state index contributed by atoms with van der Waals surface area (Å²) < 4.78 is 5.53. The Kier molecular flexibility index (Phi) is 10.2. The molecule has 43 heavy (non-hydrogen) atoms. The molecule has 0 bridgehead atoms. The van der Waals surface area contributed by atoms with E-state index in [9.17, 15) is 14.4 Å². The first-order valence-corrected chi connectivity index (χ1v) is 14.8. The number of alkyl carbamates (subject to hydrolysis) is 1. The fourth-order valence-corrected chi connectivity index (χ4v) is 5.40. The van der Waals surface area contributed by atoms with Crippen LogP contribution in [0, 0.1) is 19.3 Å². The molecular formula is C35H38ClN3O4. The molecule has 8 heteroatoms. The minimum atomic E-state index is -1.08. The second kappa shape index (κ2) is 13.8. The zero-order valence-corrected chi connectivity index (χ0v) is 25.8. The summed E-state index contributed by atoms with van der Waals surface area (Å²) in [4.78, 5) is 43.6. The fourth-order valence-electron chi connectivity index (χ4n) is 5.13. The molecule has 0 aromatic heterocycles. The van der Waals surface area contributed by atoms with Gasteiger partial charge in [-0.15, -0.1) is 6.42 Å². The van der Waals surface area contributed by atoms with E-state index in [0.717, 1.165) is 17.5 Å². The third kappa shape index (κ3) is 7.97. The van der Waals surface area contributed by atoms with E-state index < -0.39 is 35.6 Å². The van der Waals surface area contributed by atoms with Gasteiger partial charge in [-0.3, -0.25) is 9.59 Å². The van der Waals surface area contributed by atoms with Crippen LogP contribution < -0.4 is 10.6 Å². The van der Waals surface area contributed by atoms with Gasteiger partial charge in [0.05, 0.1) is 10.7 Å². The van der Waals surface area contributed by atoms with Crippen molar-refractivity contribution in [2.24, 2.45) is 0 Å². The molecule has 4 rings (SSSR count). The van der Waals surface area contributed by atoms with Crippen molar-refractivity contribution in [2.45, 2.75) is 77.1 Å². The van der Waals surface area contributed by atoms with Gasteiger partial charge in [0.15, 0.2) is 0 Å². The van der Waals surface area contributed by atoms with Crippen LogP contribution in [0.4, 0.5) is 10.5 Å². The highest BCUT2D eigenvalue weighted by Crippen LogP contribution is 2.36. The molecule has 2 atom stereocenters. The Morgan fingerprint density at radius 3 is 2.30 bits per heavy atom. The largest absolute Gasteiger partial charge is 0.444 e. The number of aryl methyl sites for hydroxylation is 1. The van der Waals surface area contributed by atoms with Gasteiger partial charge in [-0.05, 0) is 75.8 Å². The average Bonchev–Trinajstić information content (AvgIpc) is 2.93. The molecule has 3 aromatic rings. The molecular weight excluding hydrogens is 562 g/mol. The highest BCUT2D eigenvalue weighted by Gasteiger charge is 2.43. The highest BCUT2D eigenvalue weighted by molar-refractivity contribution is 6.34. The standard InChI is InChI=1S/C35H38ClN3O4/c1-6-25-17-10-11-20-27(25)31(32(40)38-30-23(2)14-12-21-28(30)36)39(26-18-13-19-26)33(41)29(22-24-15-8-7-9-16-24)37-34(42)43-35(3,4)5/h1,7-12,14-17,20-21,26,29,31H,13,18-19,22H2,2-5H3,(H,37,42)(H,38,40). The fraction of sp³-hybridized carbons (Fsp3) is 0.343. The van der Waals surface area contributed by atoms with Crippen molar-refractivity contribution in [1.82, 2.24) is 10.2 Å². The molecule has 1 aliphatic rings. The minimum Gasteiger partial charge on any atom is -0.444 e. The van der Waals surface area contributed by atoms with E-state index in [1.165, 1.54) is 0 Å². The van der Waals surface area contributed by atoms with Gasteiger partial charge in [-0.1, -0.05) is 78.2 Å². The van der Waals surface area contributed by atoms with Gasteiger partial charge < -0.3 is 20.3 Å². The van der Waals surface area contributed by atoms with E-state index in [4.69, 9.17) is 22.8 Å². The zero-order chi connectivity index (χ0) is 31.1. The van der Waals surface area contributed by atoms with E-state index in [0.29, 0.717) is 34.7 Å². The lowest BCUT2D eigenvalue weighted by molar-refractivity contribution is -0.145. The molecule has 2 N–H and O–H groups in total. The second-order valence-corrected chi connectivity index (χ2v) is 12.2. The third-order valence-corrected chi connectivity index (χ3v) is 7.72. The van der Waals surface area contributed by atoms with Gasteiger partial charge in [0.2, 0.25) is 5.91 Å². The summed E-state index contributed by atoms with van der Waals surface area (Å²) in [5.74, 6) is 1.83. The minimum absolute atomic E-state index is 0.205. The summed E-state index contributed by atoms with van der Waals surface area (Å²) >= 11 is 6.49. The first-order valence-electron chi connectivity index (χ1n) is 14.5. The molecule has 1 aliphatic carbocycles. The van der Waals surface area contributed by atoms with E-state index in [-0.39, 0.29) is 12.5 Å². The summed E-state index contributed by atoms with van der Waals surface area (Å²) in [6.07, 6.45) is 7.72. The average molecular weight is 600 g/mol. The number of hydrogen-bond donors (Lipinski definition) is 2. The number of ether oxygens (including phenoxy) is 1. The van der Waals surface area contributed by atoms with Gasteiger partial charge in [0.1, 0.15) is 17.7 Å². The molecule has 7 nitrogen and oxygen atoms in total. The van der Waals surface area contributed by atoms with Crippen molar-refractivity contribution in [2.75, 3.05) is 5.32 Å². The Hall–Kier alpha value is -4.28. The lowest BCUT2D eigenvalue weighted by atomic mass is 9.86. The quantitative estimate of drug-likeness (QED) is 0.264. The maximum atomic E-state index is 14.7. The van der Waals surface area contributed by atoms with Crippen LogP contribution in [-0.2, 0) is 20.7 Å². The van der Waals surface area contributed by atoms with Gasteiger partial charge in [0, 0.05) is 18.0 Å². The molecule has 0 aliphatic heterocycles. The topological polar surface area (TPSA) is 87.7 Å². The maximum absolute atomic E-state index is 14.7. The molecule has 3 aromatic carbocycles. The maximum Gasteiger partial charge on any atom is 0.408 e. The molecule has 0 spiro atoms. The lowest BCUT2D eigenvalue weighted by Gasteiger charge is -2.44. The Morgan fingerprint density at radius 2 is 1.70 bits per heavy atom. The molecule has 0 heterocycles. The van der Waals surface area contributed by atoms with Crippen LogP contribution in [0.5, 0.6) is 0 Å². The Morgan fingerprint density at radius 1 is 1.02 bits per heavy atom. The summed E-state index contributed by atoms with van der Waals surface area (Å²) in [5.41, 5.74) is 2.34. The Balaban J connectivity index is 1.80. The number of anilines is 1. The van der Waals surface area contributed by atoms with Gasteiger partial charge in [-0.2, -0.15) is 0 Å². The number of nitrogens with zero attached hydrogens (tertiary/aromatic N) is 1. The van der Waals surface area contributed by atoms with Crippen LogP contribution in [0.15, 0.2) is 72.8 Å². The zero-order valence-electron chi connectivity index (χ0n) is 25.0. The number of para-hydroxylation sites is 1. The SMILES string of the molecule is C#Cc1ccccc1C(C(=O)Nc1c(C)cccc1Cl)N(C(=O)C(Cc1ccccc1)NC(=O)OC(C)(C)C)C1CCC1. The van der Waals surface area contributed by atoms with Crippen molar-refractivity contribution in [3.8, 4) is 12.3 Å². The lowest BCUT2D eigenvalue weighted by Crippen LogP contribution is -2.57. The van der Waals surface area contributed by atoms with Crippen LogP contribution in [0.2, 0.25) is 5.02 Å². The van der Waals surface area contributed by atoms with Gasteiger partial charge in [0.25, 0.3) is 5.91 Å². The van der Waals surface area contributed by atoms with Crippen molar-refractivity contribution in [3.05, 3.63) is 100 Å². The summed E-state index contributed by atoms with van der Waals surface area (Å²) in [6, 6.07) is 19.6. The number of halogens is 1. The van der Waals surface area contributed by atoms with Crippen LogP contribution in [0.1, 0.15) is 68.3 Å². The molecule has 1 fully saturated rings. The predicted molar refractivity (Wildman–Crippen MR) is 170 cm³/mol. The monoisotopic (exact) mass is 599 g/mol.